The molecule has 6 nitrogen and oxygen atoms in total. The lowest BCUT2D eigenvalue weighted by Crippen LogP contribution is -2.41. The molecule has 0 radical (unpaired) electrons. The number of hydrogen-bond acceptors (Lipinski definition) is 4. The fraction of sp³-hybridized carbons (Fsp3) is 0.333. The highest BCUT2D eigenvalue weighted by molar-refractivity contribution is 6.04. The highest BCUT2D eigenvalue weighted by Gasteiger charge is 2.29. The summed E-state index contributed by atoms with van der Waals surface area (Å²) in [4.78, 5) is 29.9. The van der Waals surface area contributed by atoms with Crippen molar-refractivity contribution in [1.29, 1.82) is 0 Å². The van der Waals surface area contributed by atoms with Crippen molar-refractivity contribution in [3.05, 3.63) is 83.6 Å². The standard InChI is InChI=1S/C27H30FN3O3/c1-30(2)24-14-13-22(29-26(32)19-8-6-9-21(28)16-19)17-20(24)18-31(23-10-4-3-5-11-23)27(33)25-12-7-15-34-25/h6-9,12-17,23H,3-5,10-11,18H2,1-2H3,(H,29,32). The lowest BCUT2D eigenvalue weighted by atomic mass is 9.93. The van der Waals surface area contributed by atoms with Gasteiger partial charge in [-0.3, -0.25) is 9.59 Å². The second-order valence-corrected chi connectivity index (χ2v) is 8.90. The average molecular weight is 464 g/mol. The Bertz CT molecular complexity index is 1140. The molecular weight excluding hydrogens is 433 g/mol. The number of nitrogens with one attached hydrogen (secondary N) is 1. The third kappa shape index (κ3) is 5.47. The number of amides is 2. The van der Waals surface area contributed by atoms with Crippen molar-refractivity contribution < 1.29 is 18.4 Å². The zero-order valence-corrected chi connectivity index (χ0v) is 19.6. The second-order valence-electron chi connectivity index (χ2n) is 8.90. The molecule has 0 unspecified atom stereocenters. The number of rotatable bonds is 7. The van der Waals surface area contributed by atoms with Gasteiger partial charge in [0, 0.05) is 43.6 Å². The van der Waals surface area contributed by atoms with Crippen molar-refractivity contribution in [2.75, 3.05) is 24.3 Å². The van der Waals surface area contributed by atoms with E-state index in [0.717, 1.165) is 36.9 Å². The molecule has 1 aliphatic carbocycles. The minimum absolute atomic E-state index is 0.129. The molecule has 2 amide bonds. The molecule has 34 heavy (non-hydrogen) atoms. The van der Waals surface area contributed by atoms with Gasteiger partial charge >= 0.3 is 0 Å². The lowest BCUT2D eigenvalue weighted by Gasteiger charge is -2.35. The van der Waals surface area contributed by atoms with E-state index in [0.29, 0.717) is 18.0 Å². The van der Waals surface area contributed by atoms with Crippen LogP contribution in [0, 0.1) is 5.82 Å². The van der Waals surface area contributed by atoms with Crippen molar-refractivity contribution in [3.63, 3.8) is 0 Å². The van der Waals surface area contributed by atoms with Crippen molar-refractivity contribution in [2.24, 2.45) is 0 Å². The van der Waals surface area contributed by atoms with Gasteiger partial charge in [0.2, 0.25) is 0 Å². The summed E-state index contributed by atoms with van der Waals surface area (Å²) in [6.07, 6.45) is 6.80. The van der Waals surface area contributed by atoms with Crippen LogP contribution in [0.15, 0.2) is 65.3 Å². The van der Waals surface area contributed by atoms with Gasteiger partial charge in [-0.15, -0.1) is 0 Å². The fourth-order valence-corrected chi connectivity index (χ4v) is 4.54. The maximum atomic E-state index is 13.6. The first kappa shape index (κ1) is 23.5. The molecule has 178 valence electrons. The molecule has 0 atom stereocenters. The zero-order valence-electron chi connectivity index (χ0n) is 19.6. The summed E-state index contributed by atoms with van der Waals surface area (Å²) in [6, 6.07) is 14.8. The molecule has 1 N–H and O–H groups in total. The maximum Gasteiger partial charge on any atom is 0.290 e. The van der Waals surface area contributed by atoms with E-state index in [2.05, 4.69) is 5.32 Å². The minimum atomic E-state index is -0.462. The molecule has 1 aromatic heterocycles. The number of halogens is 1. The third-order valence-electron chi connectivity index (χ3n) is 6.25. The molecular formula is C27H30FN3O3. The molecule has 3 aromatic rings. The highest BCUT2D eigenvalue weighted by atomic mass is 19.1. The van der Waals surface area contributed by atoms with Crippen LogP contribution in [0.4, 0.5) is 15.8 Å². The van der Waals surface area contributed by atoms with Gasteiger partial charge in [-0.05, 0) is 66.9 Å². The van der Waals surface area contributed by atoms with Gasteiger partial charge in [-0.2, -0.15) is 0 Å². The normalized spacial score (nSPS) is 14.0. The number of furan rings is 1. The predicted molar refractivity (Wildman–Crippen MR) is 131 cm³/mol. The number of carbonyl (C=O) groups excluding carboxylic acids is 2. The number of hydrogen-bond donors (Lipinski definition) is 1. The van der Waals surface area contributed by atoms with Crippen LogP contribution in [0.3, 0.4) is 0 Å². The molecule has 0 spiro atoms. The summed E-state index contributed by atoms with van der Waals surface area (Å²) in [7, 11) is 3.90. The number of benzene rings is 2. The van der Waals surface area contributed by atoms with Gasteiger partial charge in [0.25, 0.3) is 11.8 Å². The Morgan fingerprint density at radius 1 is 1.03 bits per heavy atom. The Labute approximate surface area is 199 Å². The van der Waals surface area contributed by atoms with Gasteiger partial charge in [-0.1, -0.05) is 25.3 Å². The quantitative estimate of drug-likeness (QED) is 0.487. The van der Waals surface area contributed by atoms with Crippen molar-refractivity contribution in [1.82, 2.24) is 4.90 Å². The Morgan fingerprint density at radius 2 is 1.82 bits per heavy atom. The van der Waals surface area contributed by atoms with Crippen LogP contribution in [0.25, 0.3) is 0 Å². The molecule has 1 saturated carbocycles. The molecule has 0 bridgehead atoms. The van der Waals surface area contributed by atoms with E-state index in [1.54, 1.807) is 18.2 Å². The van der Waals surface area contributed by atoms with Gasteiger partial charge in [0.1, 0.15) is 5.82 Å². The smallest absolute Gasteiger partial charge is 0.290 e. The van der Waals surface area contributed by atoms with Crippen LogP contribution in [0.1, 0.15) is 58.6 Å². The first-order valence-corrected chi connectivity index (χ1v) is 11.6. The Hall–Kier alpha value is -3.61. The molecule has 0 saturated heterocycles. The topological polar surface area (TPSA) is 65.8 Å². The summed E-state index contributed by atoms with van der Waals surface area (Å²) in [5.41, 5.74) is 2.70. The second kappa shape index (κ2) is 10.5. The van der Waals surface area contributed by atoms with E-state index in [1.807, 2.05) is 42.1 Å². The van der Waals surface area contributed by atoms with Gasteiger partial charge in [0.05, 0.1) is 6.26 Å². The summed E-state index contributed by atoms with van der Waals surface area (Å²) < 4.78 is 19.0. The maximum absolute atomic E-state index is 13.6. The Kier molecular flexibility index (Phi) is 7.30. The number of anilines is 2. The molecule has 4 rings (SSSR count). The van der Waals surface area contributed by atoms with Crippen LogP contribution < -0.4 is 10.2 Å². The fourth-order valence-electron chi connectivity index (χ4n) is 4.54. The molecule has 2 aromatic carbocycles. The Balaban J connectivity index is 1.63. The van der Waals surface area contributed by atoms with Gasteiger partial charge < -0.3 is 19.5 Å². The number of nitrogens with zero attached hydrogens (tertiary/aromatic N) is 2. The average Bonchev–Trinajstić information content (AvgIpc) is 3.38. The van der Waals surface area contributed by atoms with Crippen LogP contribution in [0.2, 0.25) is 0 Å². The Morgan fingerprint density at radius 3 is 2.50 bits per heavy atom. The van der Waals surface area contributed by atoms with Gasteiger partial charge in [-0.25, -0.2) is 4.39 Å². The summed E-state index contributed by atoms with van der Waals surface area (Å²) >= 11 is 0. The third-order valence-corrected chi connectivity index (χ3v) is 6.25. The number of carbonyl (C=O) groups is 2. The van der Waals surface area contributed by atoms with E-state index < -0.39 is 5.82 Å². The zero-order chi connectivity index (χ0) is 24.1. The van der Waals surface area contributed by atoms with E-state index in [9.17, 15) is 14.0 Å². The van der Waals surface area contributed by atoms with Crippen molar-refractivity contribution >= 4 is 23.2 Å². The molecule has 1 aliphatic rings. The van der Waals surface area contributed by atoms with E-state index in [4.69, 9.17) is 4.42 Å². The van der Waals surface area contributed by atoms with Crippen LogP contribution >= 0.6 is 0 Å². The summed E-state index contributed by atoms with van der Waals surface area (Å²) in [6.45, 7) is 0.390. The van der Waals surface area contributed by atoms with Crippen LogP contribution in [0.5, 0.6) is 0 Å². The predicted octanol–water partition coefficient (Wildman–Crippen LogP) is 5.71. The monoisotopic (exact) mass is 463 g/mol. The highest BCUT2D eigenvalue weighted by Crippen LogP contribution is 2.30. The molecule has 7 heteroatoms. The lowest BCUT2D eigenvalue weighted by molar-refractivity contribution is 0.0582. The van der Waals surface area contributed by atoms with Crippen LogP contribution in [-0.2, 0) is 6.54 Å². The van der Waals surface area contributed by atoms with Crippen LogP contribution in [-0.4, -0.2) is 36.9 Å². The molecule has 0 aliphatic heterocycles. The summed E-state index contributed by atoms with van der Waals surface area (Å²) in [5.74, 6) is -0.655. The molecule has 1 fully saturated rings. The van der Waals surface area contributed by atoms with E-state index >= 15 is 0 Å². The first-order chi connectivity index (χ1) is 16.4. The SMILES string of the molecule is CN(C)c1ccc(NC(=O)c2cccc(F)c2)cc1CN(C(=O)c1ccco1)C1CCCCC1. The van der Waals surface area contributed by atoms with Gasteiger partial charge in [0.15, 0.2) is 5.76 Å². The van der Waals surface area contributed by atoms with E-state index in [-0.39, 0.29) is 23.4 Å². The summed E-state index contributed by atoms with van der Waals surface area (Å²) in [5, 5.41) is 2.86. The van der Waals surface area contributed by atoms with Crippen molar-refractivity contribution in [3.8, 4) is 0 Å². The molecule has 1 heterocycles. The van der Waals surface area contributed by atoms with Crippen molar-refractivity contribution in [2.45, 2.75) is 44.7 Å². The largest absolute Gasteiger partial charge is 0.459 e. The first-order valence-electron chi connectivity index (χ1n) is 11.6. The minimum Gasteiger partial charge on any atom is -0.459 e. The van der Waals surface area contributed by atoms with E-state index in [1.165, 1.54) is 30.9 Å².